The van der Waals surface area contributed by atoms with Crippen LogP contribution in [0.15, 0.2) is 4.90 Å². The van der Waals surface area contributed by atoms with E-state index in [-0.39, 0.29) is 13.0 Å². The highest BCUT2D eigenvalue weighted by Crippen LogP contribution is 2.35. The van der Waals surface area contributed by atoms with Crippen molar-refractivity contribution in [3.8, 4) is 5.75 Å². The van der Waals surface area contributed by atoms with Crippen LogP contribution in [0, 0.1) is 17.5 Å². The van der Waals surface area contributed by atoms with Crippen LogP contribution in [0.25, 0.3) is 0 Å². The van der Waals surface area contributed by atoms with Gasteiger partial charge in [0.1, 0.15) is 0 Å². The van der Waals surface area contributed by atoms with Gasteiger partial charge in [0, 0.05) is 5.56 Å². The minimum atomic E-state index is -5.21. The molecule has 0 aliphatic carbocycles. The Morgan fingerprint density at radius 1 is 0.579 bits per heavy atom. The molecule has 4 nitrogen and oxygen atoms in total. The maximum Gasteiger partial charge on any atom is 0.301 e. The third kappa shape index (κ3) is 13.7. The second-order valence-corrected chi connectivity index (χ2v) is 11.9. The van der Waals surface area contributed by atoms with E-state index in [9.17, 15) is 21.8 Å². The molecule has 0 aliphatic rings. The fraction of sp³-hybridized carbons (Fsp3) is 0.800. The van der Waals surface area contributed by atoms with E-state index in [2.05, 4.69) is 13.8 Å². The third-order valence-electron chi connectivity index (χ3n) is 7.11. The summed E-state index contributed by atoms with van der Waals surface area (Å²) in [5.41, 5.74) is -0.521. The van der Waals surface area contributed by atoms with Crippen LogP contribution in [-0.2, 0) is 16.5 Å². The molecule has 0 saturated carbocycles. The van der Waals surface area contributed by atoms with Crippen molar-refractivity contribution < 1.29 is 30.9 Å². The van der Waals surface area contributed by atoms with Crippen molar-refractivity contribution >= 4 is 10.1 Å². The Morgan fingerprint density at radius 2 is 0.974 bits per heavy atom. The molecule has 0 aromatic heterocycles. The number of halogens is 3. The van der Waals surface area contributed by atoms with Gasteiger partial charge in [0.25, 0.3) is 0 Å². The van der Waals surface area contributed by atoms with Gasteiger partial charge in [0.2, 0.25) is 0 Å². The summed E-state index contributed by atoms with van der Waals surface area (Å²) >= 11 is 0. The maximum absolute atomic E-state index is 15.2. The monoisotopic (exact) mass is 564 g/mol. The van der Waals surface area contributed by atoms with Crippen LogP contribution in [0.4, 0.5) is 13.2 Å². The smallest absolute Gasteiger partial charge is 0.301 e. The molecule has 1 N–H and O–H groups in total. The fourth-order valence-electron chi connectivity index (χ4n) is 4.80. The minimum absolute atomic E-state index is 0.0429. The van der Waals surface area contributed by atoms with Crippen LogP contribution in [0.5, 0.6) is 5.75 Å². The molecule has 38 heavy (non-hydrogen) atoms. The summed E-state index contributed by atoms with van der Waals surface area (Å²) in [6.07, 6.45) is 21.1. The van der Waals surface area contributed by atoms with E-state index in [0.29, 0.717) is 12.8 Å². The number of unbranched alkanes of at least 4 members (excludes halogenated alkanes) is 18. The van der Waals surface area contributed by atoms with Gasteiger partial charge in [-0.2, -0.15) is 8.42 Å². The number of ether oxygens (including phenoxy) is 1. The van der Waals surface area contributed by atoms with Gasteiger partial charge in [-0.05, 0) is 19.3 Å². The first-order valence-electron chi connectivity index (χ1n) is 15.0. The average Bonchev–Trinajstić information content (AvgIpc) is 2.87. The van der Waals surface area contributed by atoms with E-state index in [0.717, 1.165) is 51.4 Å². The molecule has 0 bridgehead atoms. The first-order chi connectivity index (χ1) is 18.3. The van der Waals surface area contributed by atoms with Crippen molar-refractivity contribution in [3.63, 3.8) is 0 Å². The van der Waals surface area contributed by atoms with Gasteiger partial charge < -0.3 is 4.74 Å². The Balaban J connectivity index is 2.58. The number of rotatable bonds is 24. The Bertz CT molecular complexity index is 875. The topological polar surface area (TPSA) is 63.6 Å². The lowest BCUT2D eigenvalue weighted by atomic mass is 10.0. The molecule has 0 atom stereocenters. The molecule has 0 radical (unpaired) electrons. The highest BCUT2D eigenvalue weighted by molar-refractivity contribution is 7.86. The van der Waals surface area contributed by atoms with Gasteiger partial charge in [-0.3, -0.25) is 4.55 Å². The van der Waals surface area contributed by atoms with Crippen LogP contribution >= 0.6 is 0 Å². The zero-order valence-electron chi connectivity index (χ0n) is 23.8. The molecule has 0 saturated heterocycles. The zero-order valence-corrected chi connectivity index (χ0v) is 24.6. The van der Waals surface area contributed by atoms with Crippen molar-refractivity contribution in [1.82, 2.24) is 0 Å². The molecule has 1 aromatic rings. The largest absolute Gasteiger partial charge is 0.489 e. The second-order valence-electron chi connectivity index (χ2n) is 10.5. The van der Waals surface area contributed by atoms with Crippen LogP contribution in [0.3, 0.4) is 0 Å². The van der Waals surface area contributed by atoms with Gasteiger partial charge in [-0.15, -0.1) is 0 Å². The molecule has 0 heterocycles. The zero-order chi connectivity index (χ0) is 28.2. The van der Waals surface area contributed by atoms with Gasteiger partial charge in [0.05, 0.1) is 6.61 Å². The molecule has 1 aromatic carbocycles. The van der Waals surface area contributed by atoms with Gasteiger partial charge in [-0.1, -0.05) is 129 Å². The summed E-state index contributed by atoms with van der Waals surface area (Å²) in [6, 6.07) is 0. The standard InChI is InChI=1S/C30H51F3O4S/c1-3-5-7-9-11-13-15-17-19-21-23-25-26(31)28(33)30(38(34,35)36)29(27(25)32)37-24-22-20-18-16-14-12-10-8-6-4-2/h3-24H2,1-2H3,(H,34,35,36). The third-order valence-corrected chi connectivity index (χ3v) is 7.99. The predicted octanol–water partition coefficient (Wildman–Crippen LogP) is 10.1. The van der Waals surface area contributed by atoms with E-state index < -0.39 is 43.8 Å². The molecule has 1 rings (SSSR count). The maximum atomic E-state index is 15.2. The van der Waals surface area contributed by atoms with Crippen molar-refractivity contribution in [3.05, 3.63) is 23.0 Å². The number of benzene rings is 1. The predicted molar refractivity (Wildman–Crippen MR) is 149 cm³/mol. The molecule has 0 fully saturated rings. The van der Waals surface area contributed by atoms with Crippen LogP contribution in [0.1, 0.15) is 148 Å². The number of hydrogen-bond donors (Lipinski definition) is 1. The summed E-state index contributed by atoms with van der Waals surface area (Å²) in [7, 11) is -5.21. The lowest BCUT2D eigenvalue weighted by molar-refractivity contribution is 0.271. The summed E-state index contributed by atoms with van der Waals surface area (Å²) in [5, 5.41) is 0. The molecular weight excluding hydrogens is 513 g/mol. The number of hydrogen-bond acceptors (Lipinski definition) is 3. The molecule has 0 aliphatic heterocycles. The Morgan fingerprint density at radius 3 is 1.39 bits per heavy atom. The molecule has 222 valence electrons. The minimum Gasteiger partial charge on any atom is -0.489 e. The van der Waals surface area contributed by atoms with Gasteiger partial charge in [0.15, 0.2) is 28.1 Å². The first-order valence-corrected chi connectivity index (χ1v) is 16.5. The summed E-state index contributed by atoms with van der Waals surface area (Å²) in [4.78, 5) is -1.45. The van der Waals surface area contributed by atoms with Gasteiger partial charge >= 0.3 is 10.1 Å². The molecule has 8 heteroatoms. The van der Waals surface area contributed by atoms with E-state index in [1.54, 1.807) is 0 Å². The van der Waals surface area contributed by atoms with Crippen molar-refractivity contribution in [2.75, 3.05) is 6.61 Å². The quantitative estimate of drug-likeness (QED) is 0.0771. The fourth-order valence-corrected chi connectivity index (χ4v) is 5.50. The lowest BCUT2D eigenvalue weighted by Crippen LogP contribution is -2.14. The second kappa shape index (κ2) is 20.6. The lowest BCUT2D eigenvalue weighted by Gasteiger charge is -2.16. The van der Waals surface area contributed by atoms with Crippen LogP contribution in [0.2, 0.25) is 0 Å². The SMILES string of the molecule is CCCCCCCCCCCCOc1c(F)c(CCCCCCCCCCCC)c(F)c(F)c1S(=O)(=O)O. The molecule has 0 spiro atoms. The van der Waals surface area contributed by atoms with E-state index in [4.69, 9.17) is 4.74 Å². The van der Waals surface area contributed by atoms with E-state index in [1.165, 1.54) is 64.2 Å². The molecular formula is C30H51F3O4S. The normalized spacial score (nSPS) is 11.8. The average molecular weight is 565 g/mol. The van der Waals surface area contributed by atoms with E-state index >= 15 is 4.39 Å². The van der Waals surface area contributed by atoms with Crippen LogP contribution in [-0.4, -0.2) is 19.6 Å². The Hall–Kier alpha value is -1.28. The summed E-state index contributed by atoms with van der Waals surface area (Å²) in [5.74, 6) is -5.50. The Labute approximate surface area is 229 Å². The van der Waals surface area contributed by atoms with Crippen molar-refractivity contribution in [1.29, 1.82) is 0 Å². The van der Waals surface area contributed by atoms with Crippen molar-refractivity contribution in [2.45, 2.75) is 154 Å². The highest BCUT2D eigenvalue weighted by atomic mass is 32.2. The summed E-state index contributed by atoms with van der Waals surface area (Å²) < 4.78 is 82.7. The Kier molecular flexibility index (Phi) is 18.8. The first kappa shape index (κ1) is 34.7. The van der Waals surface area contributed by atoms with E-state index in [1.807, 2.05) is 0 Å². The molecule has 0 unspecified atom stereocenters. The van der Waals surface area contributed by atoms with Crippen LogP contribution < -0.4 is 4.74 Å². The van der Waals surface area contributed by atoms with Crippen molar-refractivity contribution in [2.24, 2.45) is 0 Å². The highest BCUT2D eigenvalue weighted by Gasteiger charge is 2.32. The molecule has 0 amide bonds. The van der Waals surface area contributed by atoms with Gasteiger partial charge in [-0.25, -0.2) is 13.2 Å². The summed E-state index contributed by atoms with van der Waals surface area (Å²) in [6.45, 7) is 4.33.